The van der Waals surface area contributed by atoms with E-state index < -0.39 is 5.97 Å². The predicted molar refractivity (Wildman–Crippen MR) is 77.8 cm³/mol. The Bertz CT molecular complexity index is 423. The lowest BCUT2D eigenvalue weighted by molar-refractivity contribution is -0.137. The molecule has 1 heterocycles. The van der Waals surface area contributed by atoms with E-state index >= 15 is 0 Å². The number of rotatable bonds is 8. The lowest BCUT2D eigenvalue weighted by Gasteiger charge is -2.18. The normalized spacial score (nSPS) is 13.5. The number of carbonyl (C=O) groups is 2. The molecular weight excluding hydrogens is 278 g/mol. The zero-order chi connectivity index (χ0) is 15.0. The third kappa shape index (κ3) is 6.01. The van der Waals surface area contributed by atoms with Gasteiger partial charge in [-0.2, -0.15) is 0 Å². The van der Waals surface area contributed by atoms with E-state index in [4.69, 9.17) is 5.11 Å². The molecule has 6 nitrogen and oxygen atoms in total. The van der Waals surface area contributed by atoms with Crippen molar-refractivity contribution in [2.45, 2.75) is 51.6 Å². The number of carboxylic acid groups (broad SMARTS) is 1. The Morgan fingerprint density at radius 2 is 2.20 bits per heavy atom. The monoisotopic (exact) mass is 299 g/mol. The largest absolute Gasteiger partial charge is 0.481 e. The number of nitrogens with one attached hydrogen (secondary N) is 2. The highest BCUT2D eigenvalue weighted by atomic mass is 32.1. The van der Waals surface area contributed by atoms with Crippen LogP contribution in [-0.4, -0.2) is 28.1 Å². The number of aromatic nitrogens is 1. The molecule has 0 aliphatic heterocycles. The molecule has 2 unspecified atom stereocenters. The van der Waals surface area contributed by atoms with Crippen molar-refractivity contribution < 1.29 is 14.7 Å². The second-order valence-corrected chi connectivity index (χ2v) is 5.56. The maximum absolute atomic E-state index is 11.9. The maximum atomic E-state index is 11.9. The van der Waals surface area contributed by atoms with Gasteiger partial charge in [-0.1, -0.05) is 6.92 Å². The highest BCUT2D eigenvalue weighted by molar-refractivity contribution is 7.09. The minimum atomic E-state index is -0.809. The van der Waals surface area contributed by atoms with Crippen LogP contribution in [0.3, 0.4) is 0 Å². The molecule has 2 atom stereocenters. The van der Waals surface area contributed by atoms with E-state index in [9.17, 15) is 9.59 Å². The number of nitrogens with zero attached hydrogens (tertiary/aromatic N) is 1. The van der Waals surface area contributed by atoms with Gasteiger partial charge in [-0.3, -0.25) is 4.79 Å². The van der Waals surface area contributed by atoms with Crippen LogP contribution in [0.2, 0.25) is 0 Å². The van der Waals surface area contributed by atoms with Gasteiger partial charge in [0.15, 0.2) is 0 Å². The van der Waals surface area contributed by atoms with Crippen molar-refractivity contribution in [3.8, 4) is 0 Å². The molecule has 0 fully saturated rings. The summed E-state index contributed by atoms with van der Waals surface area (Å²) in [7, 11) is 0. The molecule has 7 heteroatoms. The summed E-state index contributed by atoms with van der Waals surface area (Å²) in [6.07, 6.45) is 3.82. The van der Waals surface area contributed by atoms with Crippen molar-refractivity contribution in [2.75, 3.05) is 0 Å². The van der Waals surface area contributed by atoms with Crippen molar-refractivity contribution in [3.63, 3.8) is 0 Å². The smallest absolute Gasteiger partial charge is 0.315 e. The van der Waals surface area contributed by atoms with Crippen LogP contribution in [0, 0.1) is 0 Å². The molecule has 0 saturated heterocycles. The Balaban J connectivity index is 2.33. The number of aliphatic carboxylic acids is 1. The molecule has 1 aromatic rings. The molecule has 0 aliphatic rings. The first-order chi connectivity index (χ1) is 9.52. The summed E-state index contributed by atoms with van der Waals surface area (Å²) < 4.78 is 0. The van der Waals surface area contributed by atoms with Crippen molar-refractivity contribution >= 4 is 23.3 Å². The molecular formula is C13H21N3O3S. The van der Waals surface area contributed by atoms with E-state index in [1.54, 1.807) is 6.20 Å². The number of carbonyl (C=O) groups excluding carboxylic acids is 1. The van der Waals surface area contributed by atoms with Crippen molar-refractivity contribution in [2.24, 2.45) is 0 Å². The quantitative estimate of drug-likeness (QED) is 0.688. The Morgan fingerprint density at radius 3 is 2.75 bits per heavy atom. The lowest BCUT2D eigenvalue weighted by Crippen LogP contribution is -2.42. The zero-order valence-electron chi connectivity index (χ0n) is 11.8. The second kappa shape index (κ2) is 8.52. The van der Waals surface area contributed by atoms with Crippen LogP contribution >= 0.6 is 11.3 Å². The van der Waals surface area contributed by atoms with Gasteiger partial charge in [0.05, 0.1) is 6.04 Å². The average Bonchev–Trinajstić information content (AvgIpc) is 2.89. The molecule has 3 N–H and O–H groups in total. The van der Waals surface area contributed by atoms with Gasteiger partial charge >= 0.3 is 12.0 Å². The molecule has 1 aromatic heterocycles. The summed E-state index contributed by atoms with van der Waals surface area (Å²) in [6.45, 7) is 3.86. The lowest BCUT2D eigenvalue weighted by atomic mass is 10.1. The molecule has 2 amide bonds. The number of carboxylic acids is 1. The van der Waals surface area contributed by atoms with Gasteiger partial charge in [0.2, 0.25) is 0 Å². The van der Waals surface area contributed by atoms with Crippen LogP contribution in [0.1, 0.15) is 50.6 Å². The SMILES string of the molecule is CCC(NC(=O)NC(C)CCCC(=O)O)c1nccs1. The third-order valence-corrected chi connectivity index (χ3v) is 3.76. The van der Waals surface area contributed by atoms with Gasteiger partial charge in [0.25, 0.3) is 0 Å². The summed E-state index contributed by atoms with van der Waals surface area (Å²) in [4.78, 5) is 26.5. The molecule has 0 aromatic carbocycles. The first kappa shape index (κ1) is 16.4. The summed E-state index contributed by atoms with van der Waals surface area (Å²) >= 11 is 1.51. The standard InChI is InChI=1S/C13H21N3O3S/c1-3-10(12-14-7-8-20-12)16-13(19)15-9(2)5-4-6-11(17)18/h7-10H,3-6H2,1-2H3,(H,17,18)(H2,15,16,19). The van der Waals surface area contributed by atoms with Gasteiger partial charge in [-0.15, -0.1) is 11.3 Å². The van der Waals surface area contributed by atoms with Crippen LogP contribution in [-0.2, 0) is 4.79 Å². The molecule has 0 saturated carbocycles. The molecule has 0 bridgehead atoms. The number of hydrogen-bond acceptors (Lipinski definition) is 4. The summed E-state index contributed by atoms with van der Waals surface area (Å²) in [5.41, 5.74) is 0. The fourth-order valence-corrected chi connectivity index (χ4v) is 2.57. The number of amides is 2. The summed E-state index contributed by atoms with van der Waals surface area (Å²) in [5.74, 6) is -0.809. The third-order valence-electron chi connectivity index (χ3n) is 2.87. The molecule has 0 spiro atoms. The first-order valence-corrected chi connectivity index (χ1v) is 7.59. The van der Waals surface area contributed by atoms with Crippen LogP contribution in [0.4, 0.5) is 4.79 Å². The van der Waals surface area contributed by atoms with Gasteiger partial charge in [-0.05, 0) is 26.2 Å². The Kier molecular flexibility index (Phi) is 7.00. The maximum Gasteiger partial charge on any atom is 0.315 e. The fourth-order valence-electron chi connectivity index (χ4n) is 1.80. The fraction of sp³-hybridized carbons (Fsp3) is 0.615. The van der Waals surface area contributed by atoms with Crippen LogP contribution in [0.25, 0.3) is 0 Å². The van der Waals surface area contributed by atoms with Crippen molar-refractivity contribution in [3.05, 3.63) is 16.6 Å². The molecule has 112 valence electrons. The van der Waals surface area contributed by atoms with E-state index in [-0.39, 0.29) is 24.5 Å². The zero-order valence-corrected chi connectivity index (χ0v) is 12.6. The summed E-state index contributed by atoms with van der Waals surface area (Å²) in [6, 6.07) is -0.376. The first-order valence-electron chi connectivity index (χ1n) is 6.71. The van der Waals surface area contributed by atoms with Crippen LogP contribution in [0.15, 0.2) is 11.6 Å². The Morgan fingerprint density at radius 1 is 1.45 bits per heavy atom. The van der Waals surface area contributed by atoms with Crippen molar-refractivity contribution in [1.82, 2.24) is 15.6 Å². The number of thiazole rings is 1. The highest BCUT2D eigenvalue weighted by Crippen LogP contribution is 2.18. The molecule has 0 radical (unpaired) electrons. The molecule has 20 heavy (non-hydrogen) atoms. The van der Waals surface area contributed by atoms with E-state index in [0.29, 0.717) is 12.8 Å². The predicted octanol–water partition coefficient (Wildman–Crippen LogP) is 2.54. The number of urea groups is 1. The van der Waals surface area contributed by atoms with Gasteiger partial charge in [0.1, 0.15) is 5.01 Å². The highest BCUT2D eigenvalue weighted by Gasteiger charge is 2.16. The van der Waals surface area contributed by atoms with Crippen LogP contribution < -0.4 is 10.6 Å². The van der Waals surface area contributed by atoms with Crippen molar-refractivity contribution in [1.29, 1.82) is 0 Å². The molecule has 0 aliphatic carbocycles. The minimum Gasteiger partial charge on any atom is -0.481 e. The Hall–Kier alpha value is -1.63. The molecule has 1 rings (SSSR count). The van der Waals surface area contributed by atoms with Crippen LogP contribution in [0.5, 0.6) is 0 Å². The summed E-state index contributed by atoms with van der Waals surface area (Å²) in [5, 5.41) is 17.0. The van der Waals surface area contributed by atoms with Gasteiger partial charge < -0.3 is 15.7 Å². The van der Waals surface area contributed by atoms with E-state index in [0.717, 1.165) is 11.4 Å². The van der Waals surface area contributed by atoms with Gasteiger partial charge in [-0.25, -0.2) is 9.78 Å². The van der Waals surface area contributed by atoms with E-state index in [2.05, 4.69) is 15.6 Å². The second-order valence-electron chi connectivity index (χ2n) is 4.64. The van der Waals surface area contributed by atoms with Gasteiger partial charge in [0, 0.05) is 24.0 Å². The van der Waals surface area contributed by atoms with E-state index in [1.807, 2.05) is 19.2 Å². The average molecular weight is 299 g/mol. The topological polar surface area (TPSA) is 91.3 Å². The number of hydrogen-bond donors (Lipinski definition) is 3. The van der Waals surface area contributed by atoms with E-state index in [1.165, 1.54) is 11.3 Å². The Labute approximate surface area is 122 Å². The minimum absolute atomic E-state index is 0.0526.